The van der Waals surface area contributed by atoms with Gasteiger partial charge in [0, 0.05) is 16.6 Å². The predicted molar refractivity (Wildman–Crippen MR) is 102 cm³/mol. The van der Waals surface area contributed by atoms with E-state index in [1.807, 2.05) is 19.9 Å². The molecular weight excluding hydrogens is 354 g/mol. The van der Waals surface area contributed by atoms with Gasteiger partial charge in [0.2, 0.25) is 0 Å². The zero-order chi connectivity index (χ0) is 19.4. The quantitative estimate of drug-likeness (QED) is 0.700. The van der Waals surface area contributed by atoms with E-state index in [9.17, 15) is 14.7 Å². The number of fused-ring (bicyclic) bond motifs is 1. The number of hydrogen-bond acceptors (Lipinski definition) is 3. The van der Waals surface area contributed by atoms with Crippen molar-refractivity contribution in [2.75, 3.05) is 0 Å². The first-order valence-electron chi connectivity index (χ1n) is 8.24. The number of aliphatic carboxylic acids is 1. The summed E-state index contributed by atoms with van der Waals surface area (Å²) in [6.07, 6.45) is -0.252. The number of carboxylic acid groups (broad SMARTS) is 1. The highest BCUT2D eigenvalue weighted by atomic mass is 35.5. The lowest BCUT2D eigenvalue weighted by Gasteiger charge is -2.07. The van der Waals surface area contributed by atoms with E-state index in [4.69, 9.17) is 16.7 Å². The highest BCUT2D eigenvalue weighted by Crippen LogP contribution is 2.34. The highest BCUT2D eigenvalue weighted by molar-refractivity contribution is 6.33. The summed E-state index contributed by atoms with van der Waals surface area (Å²) in [5, 5.41) is 19.6. The molecule has 0 aliphatic rings. The molecule has 26 heavy (non-hydrogen) atoms. The lowest BCUT2D eigenvalue weighted by Crippen LogP contribution is -2.14. The van der Waals surface area contributed by atoms with E-state index in [0.717, 1.165) is 0 Å². The van der Waals surface area contributed by atoms with Crippen LogP contribution in [0.5, 0.6) is 5.75 Å². The van der Waals surface area contributed by atoms with E-state index in [2.05, 4.69) is 0 Å². The number of phenols is 1. The number of halogens is 1. The Labute approximate surface area is 156 Å². The zero-order valence-corrected chi connectivity index (χ0v) is 15.5. The van der Waals surface area contributed by atoms with Gasteiger partial charge in [-0.15, -0.1) is 0 Å². The first-order chi connectivity index (χ1) is 12.4. The summed E-state index contributed by atoms with van der Waals surface area (Å²) in [7, 11) is 0. The summed E-state index contributed by atoms with van der Waals surface area (Å²) in [4.78, 5) is 24.1. The van der Waals surface area contributed by atoms with E-state index in [-0.39, 0.29) is 23.1 Å². The predicted octanol–water partition coefficient (Wildman–Crippen LogP) is 4.65. The van der Waals surface area contributed by atoms with Crippen molar-refractivity contribution in [2.45, 2.75) is 27.2 Å². The number of nitrogens with zero attached hydrogens (tertiary/aromatic N) is 1. The number of benzene rings is 2. The SMILES string of the molecule is CC.Cc1c(CC(=O)O)c2cc(O)c(Cl)cc2n1C(=O)c1ccccc1. The molecule has 3 aromatic rings. The van der Waals surface area contributed by atoms with Crippen LogP contribution < -0.4 is 0 Å². The smallest absolute Gasteiger partial charge is 0.307 e. The van der Waals surface area contributed by atoms with Crippen molar-refractivity contribution in [3.8, 4) is 5.75 Å². The molecule has 136 valence electrons. The Balaban J connectivity index is 0.00000117. The third-order valence-electron chi connectivity index (χ3n) is 3.96. The zero-order valence-electron chi connectivity index (χ0n) is 14.8. The van der Waals surface area contributed by atoms with Crippen molar-refractivity contribution < 1.29 is 19.8 Å². The third kappa shape index (κ3) is 3.58. The van der Waals surface area contributed by atoms with Gasteiger partial charge in [-0.25, -0.2) is 0 Å². The van der Waals surface area contributed by atoms with E-state index in [0.29, 0.717) is 27.7 Å². The number of carboxylic acids is 1. The summed E-state index contributed by atoms with van der Waals surface area (Å²) in [5.74, 6) is -1.45. The standard InChI is InChI=1S/C18H14ClNO4.C2H6/c1-10-12(8-17(22)23)13-7-16(21)14(19)9-15(13)20(10)18(24)11-5-3-2-4-6-11;1-2/h2-7,9,21H,8H2,1H3,(H,22,23);1-2H3. The summed E-state index contributed by atoms with van der Waals surface area (Å²) in [6, 6.07) is 11.6. The van der Waals surface area contributed by atoms with Gasteiger partial charge in [0.15, 0.2) is 0 Å². The third-order valence-corrected chi connectivity index (χ3v) is 4.26. The Morgan fingerprint density at radius 1 is 1.12 bits per heavy atom. The van der Waals surface area contributed by atoms with Gasteiger partial charge in [-0.1, -0.05) is 43.6 Å². The minimum atomic E-state index is -1.02. The molecule has 5 nitrogen and oxygen atoms in total. The molecule has 0 aliphatic carbocycles. The molecular formula is C20H20ClNO4. The molecule has 3 rings (SSSR count). The molecule has 0 saturated heterocycles. The van der Waals surface area contributed by atoms with Gasteiger partial charge in [0.1, 0.15) is 5.75 Å². The second kappa shape index (κ2) is 8.06. The Hall–Kier alpha value is -2.79. The lowest BCUT2D eigenvalue weighted by atomic mass is 10.1. The molecule has 0 saturated carbocycles. The van der Waals surface area contributed by atoms with Gasteiger partial charge in [-0.3, -0.25) is 14.2 Å². The summed E-state index contributed by atoms with van der Waals surface area (Å²) in [5.41, 5.74) is 1.95. The molecule has 2 aromatic carbocycles. The molecule has 0 aliphatic heterocycles. The monoisotopic (exact) mass is 373 g/mol. The van der Waals surface area contributed by atoms with Crippen LogP contribution in [0, 0.1) is 6.92 Å². The van der Waals surface area contributed by atoms with Gasteiger partial charge in [-0.2, -0.15) is 0 Å². The molecule has 0 fully saturated rings. The Bertz CT molecular complexity index is 961. The second-order valence-electron chi connectivity index (χ2n) is 5.46. The fourth-order valence-electron chi connectivity index (χ4n) is 2.83. The van der Waals surface area contributed by atoms with Gasteiger partial charge in [0.05, 0.1) is 17.0 Å². The number of aromatic nitrogens is 1. The normalized spacial score (nSPS) is 10.3. The molecule has 1 heterocycles. The molecule has 0 amide bonds. The minimum Gasteiger partial charge on any atom is -0.506 e. The Morgan fingerprint density at radius 2 is 1.73 bits per heavy atom. The first-order valence-corrected chi connectivity index (χ1v) is 8.62. The average Bonchev–Trinajstić information content (AvgIpc) is 2.88. The van der Waals surface area contributed by atoms with E-state index in [1.54, 1.807) is 31.2 Å². The van der Waals surface area contributed by atoms with Gasteiger partial charge >= 0.3 is 5.97 Å². The molecule has 6 heteroatoms. The summed E-state index contributed by atoms with van der Waals surface area (Å²) < 4.78 is 1.44. The van der Waals surface area contributed by atoms with Crippen LogP contribution in [0.1, 0.15) is 35.5 Å². The maximum absolute atomic E-state index is 12.9. The van der Waals surface area contributed by atoms with Crippen LogP contribution in [0.2, 0.25) is 5.02 Å². The van der Waals surface area contributed by atoms with Crippen molar-refractivity contribution in [3.05, 3.63) is 64.3 Å². The molecule has 0 unspecified atom stereocenters. The van der Waals surface area contributed by atoms with Crippen molar-refractivity contribution in [1.82, 2.24) is 4.57 Å². The van der Waals surface area contributed by atoms with Gasteiger partial charge in [0.25, 0.3) is 5.91 Å². The van der Waals surface area contributed by atoms with E-state index >= 15 is 0 Å². The van der Waals surface area contributed by atoms with Crippen LogP contribution >= 0.6 is 11.6 Å². The molecule has 0 bridgehead atoms. The van der Waals surface area contributed by atoms with E-state index < -0.39 is 5.97 Å². The van der Waals surface area contributed by atoms with E-state index in [1.165, 1.54) is 16.7 Å². The maximum atomic E-state index is 12.9. The van der Waals surface area contributed by atoms with Gasteiger partial charge in [-0.05, 0) is 36.8 Å². The first kappa shape index (κ1) is 19.5. The van der Waals surface area contributed by atoms with Crippen LogP contribution in [-0.4, -0.2) is 26.7 Å². The van der Waals surface area contributed by atoms with Crippen LogP contribution in [0.3, 0.4) is 0 Å². The molecule has 0 atom stereocenters. The largest absolute Gasteiger partial charge is 0.506 e. The Morgan fingerprint density at radius 3 is 2.31 bits per heavy atom. The van der Waals surface area contributed by atoms with Gasteiger partial charge < -0.3 is 10.2 Å². The second-order valence-corrected chi connectivity index (χ2v) is 5.87. The molecule has 0 radical (unpaired) electrons. The van der Waals surface area contributed by atoms with Crippen molar-refractivity contribution in [2.24, 2.45) is 0 Å². The van der Waals surface area contributed by atoms with Crippen molar-refractivity contribution in [1.29, 1.82) is 0 Å². The molecule has 0 spiro atoms. The van der Waals surface area contributed by atoms with Crippen LogP contribution in [-0.2, 0) is 11.2 Å². The summed E-state index contributed by atoms with van der Waals surface area (Å²) in [6.45, 7) is 5.68. The lowest BCUT2D eigenvalue weighted by molar-refractivity contribution is -0.136. The number of rotatable bonds is 3. The minimum absolute atomic E-state index is 0.101. The fourth-order valence-corrected chi connectivity index (χ4v) is 2.99. The summed E-state index contributed by atoms with van der Waals surface area (Å²) >= 11 is 5.99. The molecule has 1 aromatic heterocycles. The number of carbonyl (C=O) groups is 2. The number of hydrogen-bond donors (Lipinski definition) is 2. The van der Waals surface area contributed by atoms with Crippen molar-refractivity contribution in [3.63, 3.8) is 0 Å². The maximum Gasteiger partial charge on any atom is 0.307 e. The Kier molecular flexibility index (Phi) is 6.05. The number of carbonyl (C=O) groups excluding carboxylic acids is 1. The fraction of sp³-hybridized carbons (Fsp3) is 0.200. The number of aromatic hydroxyl groups is 1. The topological polar surface area (TPSA) is 79.5 Å². The van der Waals surface area contributed by atoms with Crippen molar-refractivity contribution >= 4 is 34.4 Å². The highest BCUT2D eigenvalue weighted by Gasteiger charge is 2.22. The van der Waals surface area contributed by atoms with Crippen LogP contribution in [0.15, 0.2) is 42.5 Å². The molecule has 2 N–H and O–H groups in total. The van der Waals surface area contributed by atoms with Crippen LogP contribution in [0.4, 0.5) is 0 Å². The number of phenolic OH excluding ortho intramolecular Hbond substituents is 1. The van der Waals surface area contributed by atoms with Crippen LogP contribution in [0.25, 0.3) is 10.9 Å². The average molecular weight is 374 g/mol.